The SMILES string of the molecule is O=C(Cc1cncs1)ON1CCC(CCOc2ccc(C3CCCC3)cc2)CC1. The van der Waals surface area contributed by atoms with E-state index in [-0.39, 0.29) is 5.97 Å². The van der Waals surface area contributed by atoms with Gasteiger partial charge in [0.25, 0.3) is 0 Å². The first-order valence-electron chi connectivity index (χ1n) is 10.8. The molecule has 1 saturated carbocycles. The number of hydrogen-bond acceptors (Lipinski definition) is 6. The summed E-state index contributed by atoms with van der Waals surface area (Å²) >= 11 is 1.48. The van der Waals surface area contributed by atoms with E-state index in [1.165, 1.54) is 42.6 Å². The molecular formula is C23H30N2O3S. The smallest absolute Gasteiger partial charge is 0.330 e. The quantitative estimate of drug-likeness (QED) is 0.610. The molecule has 29 heavy (non-hydrogen) atoms. The van der Waals surface area contributed by atoms with Crippen molar-refractivity contribution in [3.8, 4) is 5.75 Å². The number of nitrogens with zero attached hydrogens (tertiary/aromatic N) is 2. The Labute approximate surface area is 177 Å². The van der Waals surface area contributed by atoms with Gasteiger partial charge in [-0.25, -0.2) is 4.79 Å². The lowest BCUT2D eigenvalue weighted by Gasteiger charge is -2.30. The van der Waals surface area contributed by atoms with Gasteiger partial charge in [-0.3, -0.25) is 4.98 Å². The van der Waals surface area contributed by atoms with E-state index < -0.39 is 0 Å². The van der Waals surface area contributed by atoms with Gasteiger partial charge in [0.2, 0.25) is 0 Å². The van der Waals surface area contributed by atoms with Gasteiger partial charge in [-0.1, -0.05) is 25.0 Å². The highest BCUT2D eigenvalue weighted by atomic mass is 32.1. The highest BCUT2D eigenvalue weighted by Gasteiger charge is 2.22. The van der Waals surface area contributed by atoms with Crippen molar-refractivity contribution < 1.29 is 14.4 Å². The van der Waals surface area contributed by atoms with Crippen LogP contribution < -0.4 is 4.74 Å². The first kappa shape index (κ1) is 20.4. The summed E-state index contributed by atoms with van der Waals surface area (Å²) in [5.41, 5.74) is 3.20. The molecule has 0 unspecified atom stereocenters. The number of benzene rings is 1. The number of ether oxygens (including phenoxy) is 1. The number of rotatable bonds is 8. The Bertz CT molecular complexity index is 749. The van der Waals surface area contributed by atoms with E-state index in [1.807, 2.05) is 5.06 Å². The molecule has 2 fully saturated rings. The fraction of sp³-hybridized carbons (Fsp3) is 0.565. The molecule has 1 aromatic carbocycles. The van der Waals surface area contributed by atoms with Gasteiger partial charge >= 0.3 is 5.97 Å². The van der Waals surface area contributed by atoms with Crippen LogP contribution in [0.25, 0.3) is 0 Å². The van der Waals surface area contributed by atoms with Gasteiger partial charge in [0.15, 0.2) is 0 Å². The molecule has 2 aliphatic rings. The molecule has 1 saturated heterocycles. The minimum atomic E-state index is -0.197. The molecule has 0 bridgehead atoms. The van der Waals surface area contributed by atoms with Crippen LogP contribution in [0.3, 0.4) is 0 Å². The molecule has 1 aliphatic carbocycles. The van der Waals surface area contributed by atoms with Crippen molar-refractivity contribution in [3.05, 3.63) is 46.4 Å². The number of carbonyl (C=O) groups is 1. The van der Waals surface area contributed by atoms with Gasteiger partial charge in [-0.15, -0.1) is 16.4 Å². The van der Waals surface area contributed by atoms with Crippen molar-refractivity contribution in [3.63, 3.8) is 0 Å². The van der Waals surface area contributed by atoms with Crippen LogP contribution >= 0.6 is 11.3 Å². The van der Waals surface area contributed by atoms with Crippen LogP contribution in [0, 0.1) is 5.92 Å². The molecule has 4 rings (SSSR count). The molecule has 0 radical (unpaired) electrons. The van der Waals surface area contributed by atoms with Crippen molar-refractivity contribution in [1.82, 2.24) is 10.0 Å². The predicted octanol–water partition coefficient (Wildman–Crippen LogP) is 4.98. The molecule has 0 N–H and O–H groups in total. The lowest BCUT2D eigenvalue weighted by molar-refractivity contribution is -0.195. The normalized spacial score (nSPS) is 18.8. The van der Waals surface area contributed by atoms with Crippen LogP contribution in [0.4, 0.5) is 0 Å². The van der Waals surface area contributed by atoms with E-state index in [0.717, 1.165) is 55.5 Å². The summed E-state index contributed by atoms with van der Waals surface area (Å²) in [7, 11) is 0. The van der Waals surface area contributed by atoms with Crippen molar-refractivity contribution in [2.75, 3.05) is 19.7 Å². The van der Waals surface area contributed by atoms with E-state index in [4.69, 9.17) is 9.57 Å². The fourth-order valence-electron chi connectivity index (χ4n) is 4.38. The molecule has 2 aromatic rings. The molecule has 1 aliphatic heterocycles. The van der Waals surface area contributed by atoms with Crippen molar-refractivity contribution in [2.45, 2.75) is 57.3 Å². The molecular weight excluding hydrogens is 384 g/mol. The number of thiazole rings is 1. The predicted molar refractivity (Wildman–Crippen MR) is 114 cm³/mol. The summed E-state index contributed by atoms with van der Waals surface area (Å²) in [5, 5.41) is 1.81. The summed E-state index contributed by atoms with van der Waals surface area (Å²) in [6, 6.07) is 8.73. The largest absolute Gasteiger partial charge is 0.494 e. The molecule has 156 valence electrons. The molecule has 5 nitrogen and oxygen atoms in total. The summed E-state index contributed by atoms with van der Waals surface area (Å²) in [6.45, 7) is 2.35. The van der Waals surface area contributed by atoms with Crippen LogP contribution in [-0.4, -0.2) is 35.7 Å². The van der Waals surface area contributed by atoms with Crippen molar-refractivity contribution in [1.29, 1.82) is 0 Å². The average molecular weight is 415 g/mol. The number of hydrogen-bond donors (Lipinski definition) is 0. The minimum Gasteiger partial charge on any atom is -0.494 e. The second-order valence-corrected chi connectivity index (χ2v) is 9.14. The van der Waals surface area contributed by atoms with E-state index in [1.54, 1.807) is 11.7 Å². The third kappa shape index (κ3) is 6.03. The van der Waals surface area contributed by atoms with Gasteiger partial charge in [0.05, 0.1) is 18.5 Å². The molecule has 1 aromatic heterocycles. The maximum Gasteiger partial charge on any atom is 0.330 e. The number of piperidine rings is 1. The Morgan fingerprint density at radius 2 is 1.86 bits per heavy atom. The molecule has 6 heteroatoms. The van der Waals surface area contributed by atoms with E-state index in [9.17, 15) is 4.79 Å². The Morgan fingerprint density at radius 1 is 1.10 bits per heavy atom. The average Bonchev–Trinajstić information content (AvgIpc) is 3.44. The molecule has 2 heterocycles. The zero-order valence-corrected chi connectivity index (χ0v) is 17.7. The first-order chi connectivity index (χ1) is 14.3. The highest BCUT2D eigenvalue weighted by molar-refractivity contribution is 7.09. The second-order valence-electron chi connectivity index (χ2n) is 8.17. The summed E-state index contributed by atoms with van der Waals surface area (Å²) < 4.78 is 5.97. The Morgan fingerprint density at radius 3 is 2.55 bits per heavy atom. The molecule has 0 atom stereocenters. The van der Waals surface area contributed by atoms with E-state index in [0.29, 0.717) is 12.3 Å². The number of aromatic nitrogens is 1. The lowest BCUT2D eigenvalue weighted by Crippen LogP contribution is -2.36. The zero-order chi connectivity index (χ0) is 19.9. The highest BCUT2D eigenvalue weighted by Crippen LogP contribution is 2.34. The zero-order valence-electron chi connectivity index (χ0n) is 16.9. The first-order valence-corrected chi connectivity index (χ1v) is 11.7. The maximum absolute atomic E-state index is 12.0. The van der Waals surface area contributed by atoms with Gasteiger partial charge < -0.3 is 9.57 Å². The van der Waals surface area contributed by atoms with Crippen LogP contribution in [0.2, 0.25) is 0 Å². The van der Waals surface area contributed by atoms with Gasteiger partial charge in [-0.2, -0.15) is 0 Å². The van der Waals surface area contributed by atoms with Crippen LogP contribution in [0.1, 0.15) is 61.3 Å². The Balaban J connectivity index is 1.12. The minimum absolute atomic E-state index is 0.197. The van der Waals surface area contributed by atoms with Crippen LogP contribution in [-0.2, 0) is 16.1 Å². The molecule has 0 amide bonds. The maximum atomic E-state index is 12.0. The van der Waals surface area contributed by atoms with Crippen LogP contribution in [0.5, 0.6) is 5.75 Å². The Hall–Kier alpha value is -1.92. The second kappa shape index (κ2) is 10.2. The topological polar surface area (TPSA) is 51.7 Å². The van der Waals surface area contributed by atoms with Gasteiger partial charge in [0, 0.05) is 24.2 Å². The fourth-order valence-corrected chi connectivity index (χ4v) is 4.96. The summed E-state index contributed by atoms with van der Waals surface area (Å²) in [4.78, 5) is 22.4. The third-order valence-corrected chi connectivity index (χ3v) is 6.89. The van der Waals surface area contributed by atoms with Crippen LogP contribution in [0.15, 0.2) is 36.0 Å². The lowest BCUT2D eigenvalue weighted by atomic mass is 9.95. The Kier molecular flexibility index (Phi) is 7.17. The number of hydroxylamine groups is 2. The molecule has 0 spiro atoms. The third-order valence-electron chi connectivity index (χ3n) is 6.11. The summed E-state index contributed by atoms with van der Waals surface area (Å²) in [5.74, 6) is 2.16. The summed E-state index contributed by atoms with van der Waals surface area (Å²) in [6.07, 6.45) is 10.6. The van der Waals surface area contributed by atoms with Gasteiger partial charge in [-0.05, 0) is 61.6 Å². The monoisotopic (exact) mass is 414 g/mol. The van der Waals surface area contributed by atoms with Crippen molar-refractivity contribution >= 4 is 17.3 Å². The van der Waals surface area contributed by atoms with E-state index >= 15 is 0 Å². The van der Waals surface area contributed by atoms with E-state index in [2.05, 4.69) is 29.2 Å². The standard InChI is InChI=1S/C23H30N2O3S/c26-23(15-22-16-24-17-29-22)28-25-12-9-18(10-13-25)11-14-27-21-7-5-20(6-8-21)19-3-1-2-4-19/h5-8,16-19H,1-4,9-15H2. The van der Waals surface area contributed by atoms with Crippen molar-refractivity contribution in [2.24, 2.45) is 5.92 Å². The number of carbonyl (C=O) groups excluding carboxylic acids is 1. The van der Waals surface area contributed by atoms with Gasteiger partial charge in [0.1, 0.15) is 5.75 Å².